The molecule has 0 atom stereocenters. The fourth-order valence-electron chi connectivity index (χ4n) is 1.58. The van der Waals surface area contributed by atoms with Crippen molar-refractivity contribution >= 4 is 33.0 Å². The first-order chi connectivity index (χ1) is 7.83. The van der Waals surface area contributed by atoms with Crippen LogP contribution in [0.25, 0.3) is 20.7 Å². The average molecular weight is 247 g/mol. The molecule has 0 amide bonds. The Labute approximate surface area is 102 Å². The summed E-state index contributed by atoms with van der Waals surface area (Å²) >= 11 is 7.56. The van der Waals surface area contributed by atoms with E-state index in [1.807, 2.05) is 12.1 Å². The Kier molecular flexibility index (Phi) is 2.35. The second-order valence-electron chi connectivity index (χ2n) is 3.37. The maximum Gasteiger partial charge on any atom is 0.133 e. The van der Waals surface area contributed by atoms with Gasteiger partial charge in [0.05, 0.1) is 10.6 Å². The van der Waals surface area contributed by atoms with Crippen molar-refractivity contribution in [2.75, 3.05) is 0 Å². The van der Waals surface area contributed by atoms with Crippen molar-refractivity contribution in [1.82, 2.24) is 9.97 Å². The molecule has 0 N–H and O–H groups in total. The molecule has 16 heavy (non-hydrogen) atoms. The van der Waals surface area contributed by atoms with E-state index < -0.39 is 0 Å². The number of rotatable bonds is 1. The van der Waals surface area contributed by atoms with Crippen molar-refractivity contribution in [3.63, 3.8) is 0 Å². The quantitative estimate of drug-likeness (QED) is 0.607. The summed E-state index contributed by atoms with van der Waals surface area (Å²) in [6.45, 7) is 0. The fraction of sp³-hybridized carbons (Fsp3) is 0. The van der Waals surface area contributed by atoms with Gasteiger partial charge in [0.1, 0.15) is 11.5 Å². The van der Waals surface area contributed by atoms with Gasteiger partial charge in [-0.1, -0.05) is 29.8 Å². The molecule has 2 heterocycles. The Bertz CT molecular complexity index is 615. The van der Waals surface area contributed by atoms with Gasteiger partial charge in [-0.3, -0.25) is 0 Å². The third-order valence-electron chi connectivity index (χ3n) is 2.31. The largest absolute Gasteiger partial charge is 0.235 e. The van der Waals surface area contributed by atoms with Crippen molar-refractivity contribution in [3.05, 3.63) is 47.9 Å². The number of fused-ring (bicyclic) bond motifs is 1. The number of benzene rings is 1. The molecule has 0 saturated heterocycles. The van der Waals surface area contributed by atoms with Crippen LogP contribution in [-0.4, -0.2) is 9.97 Å². The van der Waals surface area contributed by atoms with Gasteiger partial charge in [-0.2, -0.15) is 0 Å². The molecule has 0 aliphatic heterocycles. The molecule has 0 spiro atoms. The molecule has 0 aliphatic rings. The number of nitrogens with zero attached hydrogens (tertiary/aromatic N) is 2. The van der Waals surface area contributed by atoms with E-state index in [1.54, 1.807) is 17.4 Å². The maximum atomic E-state index is 5.85. The van der Waals surface area contributed by atoms with Crippen LogP contribution in [0.5, 0.6) is 0 Å². The van der Waals surface area contributed by atoms with Crippen LogP contribution >= 0.6 is 22.9 Å². The van der Waals surface area contributed by atoms with Crippen molar-refractivity contribution < 1.29 is 0 Å². The zero-order valence-corrected chi connectivity index (χ0v) is 9.79. The van der Waals surface area contributed by atoms with Gasteiger partial charge in [-0.25, -0.2) is 9.97 Å². The third kappa shape index (κ3) is 1.68. The smallest absolute Gasteiger partial charge is 0.133 e. The Morgan fingerprint density at radius 2 is 1.94 bits per heavy atom. The van der Waals surface area contributed by atoms with Gasteiger partial charge in [-0.05, 0) is 17.5 Å². The molecule has 78 valence electrons. The van der Waals surface area contributed by atoms with Gasteiger partial charge in [0, 0.05) is 10.8 Å². The first-order valence-corrected chi connectivity index (χ1v) is 5.99. The molecule has 4 heteroatoms. The molecule has 2 aromatic heterocycles. The third-order valence-corrected chi connectivity index (χ3v) is 3.66. The summed E-state index contributed by atoms with van der Waals surface area (Å²) in [6.07, 6.45) is 1.49. The minimum absolute atomic E-state index is 0.474. The standard InChI is InChI=1S/C12H7ClN2S/c13-12-6-9(14-7-15-12)11-5-8-3-1-2-4-10(8)16-11/h1-7H. The first-order valence-electron chi connectivity index (χ1n) is 4.79. The molecule has 0 fully saturated rings. The molecule has 3 rings (SSSR count). The van der Waals surface area contributed by atoms with Gasteiger partial charge in [-0.15, -0.1) is 11.3 Å². The molecule has 0 unspecified atom stereocenters. The normalized spacial score (nSPS) is 10.8. The summed E-state index contributed by atoms with van der Waals surface area (Å²) < 4.78 is 1.26. The average Bonchev–Trinajstić information content (AvgIpc) is 2.72. The Morgan fingerprint density at radius 3 is 2.75 bits per heavy atom. The van der Waals surface area contributed by atoms with E-state index >= 15 is 0 Å². The van der Waals surface area contributed by atoms with Gasteiger partial charge in [0.15, 0.2) is 0 Å². The van der Waals surface area contributed by atoms with E-state index in [0.717, 1.165) is 10.6 Å². The first kappa shape index (κ1) is 9.75. The van der Waals surface area contributed by atoms with Crippen LogP contribution in [0.4, 0.5) is 0 Å². The van der Waals surface area contributed by atoms with Gasteiger partial charge < -0.3 is 0 Å². The number of hydrogen-bond donors (Lipinski definition) is 0. The Morgan fingerprint density at radius 1 is 1.06 bits per heavy atom. The maximum absolute atomic E-state index is 5.85. The molecule has 0 bridgehead atoms. The molecule has 2 nitrogen and oxygen atoms in total. The Hall–Kier alpha value is -1.45. The van der Waals surface area contributed by atoms with E-state index in [4.69, 9.17) is 11.6 Å². The van der Waals surface area contributed by atoms with Gasteiger partial charge >= 0.3 is 0 Å². The van der Waals surface area contributed by atoms with Crippen molar-refractivity contribution in [1.29, 1.82) is 0 Å². The van der Waals surface area contributed by atoms with Crippen LogP contribution in [0.1, 0.15) is 0 Å². The highest BCUT2D eigenvalue weighted by molar-refractivity contribution is 7.22. The summed E-state index contributed by atoms with van der Waals surface area (Å²) in [5, 5.41) is 1.71. The van der Waals surface area contributed by atoms with Gasteiger partial charge in [0.2, 0.25) is 0 Å². The zero-order chi connectivity index (χ0) is 11.0. The summed E-state index contributed by atoms with van der Waals surface area (Å²) in [4.78, 5) is 9.21. The van der Waals surface area contributed by atoms with Crippen molar-refractivity contribution in [2.24, 2.45) is 0 Å². The zero-order valence-electron chi connectivity index (χ0n) is 8.22. The number of thiophene rings is 1. The number of hydrogen-bond acceptors (Lipinski definition) is 3. The molecular formula is C12H7ClN2S. The predicted octanol–water partition coefficient (Wildman–Crippen LogP) is 4.01. The summed E-state index contributed by atoms with van der Waals surface area (Å²) in [6, 6.07) is 12.2. The van der Waals surface area contributed by atoms with Crippen LogP contribution < -0.4 is 0 Å². The summed E-state index contributed by atoms with van der Waals surface area (Å²) in [5.41, 5.74) is 0.876. The van der Waals surface area contributed by atoms with Crippen LogP contribution in [0.15, 0.2) is 42.7 Å². The van der Waals surface area contributed by atoms with Gasteiger partial charge in [0.25, 0.3) is 0 Å². The minimum Gasteiger partial charge on any atom is -0.235 e. The van der Waals surface area contributed by atoms with Crippen LogP contribution in [0.2, 0.25) is 5.15 Å². The lowest BCUT2D eigenvalue weighted by Crippen LogP contribution is -1.81. The predicted molar refractivity (Wildman–Crippen MR) is 67.9 cm³/mol. The molecule has 0 radical (unpaired) electrons. The summed E-state index contributed by atoms with van der Waals surface area (Å²) in [5.74, 6) is 0. The monoisotopic (exact) mass is 246 g/mol. The highest BCUT2D eigenvalue weighted by atomic mass is 35.5. The van der Waals surface area contributed by atoms with Crippen LogP contribution in [0, 0.1) is 0 Å². The topological polar surface area (TPSA) is 25.8 Å². The lowest BCUT2D eigenvalue weighted by molar-refractivity contribution is 1.18. The van der Waals surface area contributed by atoms with E-state index in [2.05, 4.69) is 28.2 Å². The number of halogens is 1. The minimum atomic E-state index is 0.474. The van der Waals surface area contributed by atoms with Crippen molar-refractivity contribution in [2.45, 2.75) is 0 Å². The Balaban J connectivity index is 2.19. The molecule has 0 saturated carbocycles. The lowest BCUT2D eigenvalue weighted by Gasteiger charge is -1.94. The van der Waals surface area contributed by atoms with E-state index in [9.17, 15) is 0 Å². The van der Waals surface area contributed by atoms with E-state index in [1.165, 1.54) is 16.4 Å². The molecule has 1 aromatic carbocycles. The highest BCUT2D eigenvalue weighted by Gasteiger charge is 2.05. The molecule has 0 aliphatic carbocycles. The van der Waals surface area contributed by atoms with E-state index in [-0.39, 0.29) is 0 Å². The summed E-state index contributed by atoms with van der Waals surface area (Å²) in [7, 11) is 0. The second kappa shape index (κ2) is 3.85. The molecular weight excluding hydrogens is 240 g/mol. The van der Waals surface area contributed by atoms with Crippen LogP contribution in [0.3, 0.4) is 0 Å². The highest BCUT2D eigenvalue weighted by Crippen LogP contribution is 2.32. The van der Waals surface area contributed by atoms with Crippen molar-refractivity contribution in [3.8, 4) is 10.6 Å². The second-order valence-corrected chi connectivity index (χ2v) is 4.85. The SMILES string of the molecule is Clc1cc(-c2cc3ccccc3s2)ncn1. The lowest BCUT2D eigenvalue weighted by atomic mass is 10.2. The van der Waals surface area contributed by atoms with E-state index in [0.29, 0.717) is 5.15 Å². The number of aromatic nitrogens is 2. The van der Waals surface area contributed by atoms with Crippen LogP contribution in [-0.2, 0) is 0 Å². The fourth-order valence-corrected chi connectivity index (χ4v) is 2.75. The molecule has 3 aromatic rings.